The Bertz CT molecular complexity index is 798. The van der Waals surface area contributed by atoms with E-state index < -0.39 is 43.6 Å². The summed E-state index contributed by atoms with van der Waals surface area (Å²) >= 11 is 0. The summed E-state index contributed by atoms with van der Waals surface area (Å²) in [6, 6.07) is 3.10. The molecule has 5 nitrogen and oxygen atoms in total. The molecule has 2 aromatic rings. The van der Waals surface area contributed by atoms with Crippen molar-refractivity contribution in [3.05, 3.63) is 64.1 Å². The Hall–Kier alpha value is -2.06. The SMILES string of the molecule is CC(NS(=O)(=O)c1c[nH]ccc1=O)c1c(F)cccc1F. The van der Waals surface area contributed by atoms with Crippen LogP contribution in [-0.2, 0) is 10.0 Å². The highest BCUT2D eigenvalue weighted by molar-refractivity contribution is 7.89. The van der Waals surface area contributed by atoms with Crippen LogP contribution >= 0.6 is 0 Å². The Morgan fingerprint density at radius 3 is 2.38 bits per heavy atom. The van der Waals surface area contributed by atoms with E-state index in [1.54, 1.807) is 0 Å². The van der Waals surface area contributed by atoms with Crippen LogP contribution in [0, 0.1) is 11.6 Å². The molecule has 0 radical (unpaired) electrons. The second-order valence-electron chi connectivity index (χ2n) is 4.35. The summed E-state index contributed by atoms with van der Waals surface area (Å²) in [5, 5.41) is 0. The van der Waals surface area contributed by atoms with E-state index >= 15 is 0 Å². The van der Waals surface area contributed by atoms with Gasteiger partial charge in [0.15, 0.2) is 0 Å². The second-order valence-corrected chi connectivity index (χ2v) is 6.03. The highest BCUT2D eigenvalue weighted by atomic mass is 32.2. The van der Waals surface area contributed by atoms with E-state index in [0.717, 1.165) is 24.4 Å². The Kier molecular flexibility index (Phi) is 4.19. The molecule has 0 spiro atoms. The van der Waals surface area contributed by atoms with Crippen molar-refractivity contribution in [2.45, 2.75) is 17.9 Å². The van der Waals surface area contributed by atoms with Crippen molar-refractivity contribution in [2.24, 2.45) is 0 Å². The molecule has 8 heteroatoms. The number of H-pyrrole nitrogens is 1. The van der Waals surface area contributed by atoms with E-state index in [0.29, 0.717) is 0 Å². The van der Waals surface area contributed by atoms with E-state index in [-0.39, 0.29) is 0 Å². The fourth-order valence-electron chi connectivity index (χ4n) is 1.89. The summed E-state index contributed by atoms with van der Waals surface area (Å²) in [7, 11) is -4.20. The zero-order chi connectivity index (χ0) is 15.6. The largest absolute Gasteiger partial charge is 0.366 e. The Balaban J connectivity index is 2.38. The molecule has 0 saturated carbocycles. The van der Waals surface area contributed by atoms with E-state index in [2.05, 4.69) is 9.71 Å². The molecule has 2 N–H and O–H groups in total. The number of pyridine rings is 1. The molecule has 1 heterocycles. The van der Waals surface area contributed by atoms with E-state index in [1.165, 1.54) is 19.2 Å². The smallest absolute Gasteiger partial charge is 0.246 e. The monoisotopic (exact) mass is 314 g/mol. The first kappa shape index (κ1) is 15.3. The van der Waals surface area contributed by atoms with Crippen LogP contribution in [0.1, 0.15) is 18.5 Å². The number of aromatic nitrogens is 1. The van der Waals surface area contributed by atoms with Crippen LogP contribution in [0.15, 0.2) is 46.3 Å². The quantitative estimate of drug-likeness (QED) is 0.901. The van der Waals surface area contributed by atoms with Crippen molar-refractivity contribution in [1.82, 2.24) is 9.71 Å². The van der Waals surface area contributed by atoms with Crippen LogP contribution in [0.3, 0.4) is 0 Å². The normalized spacial score (nSPS) is 13.1. The molecule has 0 aliphatic carbocycles. The predicted molar refractivity (Wildman–Crippen MR) is 72.2 cm³/mol. The van der Waals surface area contributed by atoms with Crippen molar-refractivity contribution in [3.8, 4) is 0 Å². The molecule has 112 valence electrons. The number of hydrogen-bond acceptors (Lipinski definition) is 3. The number of halogens is 2. The molecule has 1 unspecified atom stereocenters. The molecule has 1 aromatic heterocycles. The van der Waals surface area contributed by atoms with Crippen molar-refractivity contribution in [2.75, 3.05) is 0 Å². The van der Waals surface area contributed by atoms with Crippen LogP contribution in [0.5, 0.6) is 0 Å². The minimum absolute atomic E-state index is 0.409. The lowest BCUT2D eigenvalue weighted by Crippen LogP contribution is -2.31. The number of sulfonamides is 1. The van der Waals surface area contributed by atoms with Gasteiger partial charge in [0.05, 0.1) is 0 Å². The average molecular weight is 314 g/mol. The number of aromatic amines is 1. The van der Waals surface area contributed by atoms with Crippen LogP contribution in [0.4, 0.5) is 8.78 Å². The summed E-state index contributed by atoms with van der Waals surface area (Å²) in [5.41, 5.74) is -1.13. The maximum atomic E-state index is 13.6. The molecule has 0 saturated heterocycles. The van der Waals surface area contributed by atoms with Crippen molar-refractivity contribution < 1.29 is 17.2 Å². The Morgan fingerprint density at radius 2 is 1.81 bits per heavy atom. The Morgan fingerprint density at radius 1 is 1.19 bits per heavy atom. The molecule has 0 fully saturated rings. The lowest BCUT2D eigenvalue weighted by molar-refractivity contribution is 0.514. The van der Waals surface area contributed by atoms with Gasteiger partial charge >= 0.3 is 0 Å². The van der Waals surface area contributed by atoms with Gasteiger partial charge in [-0.25, -0.2) is 21.9 Å². The van der Waals surface area contributed by atoms with Crippen LogP contribution < -0.4 is 10.2 Å². The molecule has 21 heavy (non-hydrogen) atoms. The summed E-state index contributed by atoms with van der Waals surface area (Å²) < 4.78 is 53.5. The minimum Gasteiger partial charge on any atom is -0.366 e. The number of nitrogens with one attached hydrogen (secondary N) is 2. The minimum atomic E-state index is -4.20. The lowest BCUT2D eigenvalue weighted by Gasteiger charge is -2.15. The van der Waals surface area contributed by atoms with Crippen molar-refractivity contribution >= 4 is 10.0 Å². The summed E-state index contributed by atoms with van der Waals surface area (Å²) in [4.78, 5) is 13.5. The van der Waals surface area contributed by atoms with Gasteiger partial charge in [0.1, 0.15) is 16.5 Å². The van der Waals surface area contributed by atoms with Crippen LogP contribution in [0.25, 0.3) is 0 Å². The van der Waals surface area contributed by atoms with Crippen LogP contribution in [0.2, 0.25) is 0 Å². The van der Waals surface area contributed by atoms with Crippen molar-refractivity contribution in [1.29, 1.82) is 0 Å². The molecule has 0 aliphatic heterocycles. The first-order chi connectivity index (χ1) is 9.83. The lowest BCUT2D eigenvalue weighted by atomic mass is 10.1. The van der Waals surface area contributed by atoms with Gasteiger partial charge in [0, 0.05) is 30.1 Å². The predicted octanol–water partition coefficient (Wildman–Crippen LogP) is 1.69. The van der Waals surface area contributed by atoms with Gasteiger partial charge in [-0.1, -0.05) is 6.07 Å². The fraction of sp³-hybridized carbons (Fsp3) is 0.154. The zero-order valence-corrected chi connectivity index (χ0v) is 11.7. The van der Waals surface area contributed by atoms with Crippen molar-refractivity contribution in [3.63, 3.8) is 0 Å². The van der Waals surface area contributed by atoms with E-state index in [4.69, 9.17) is 0 Å². The number of hydrogen-bond donors (Lipinski definition) is 2. The van der Waals surface area contributed by atoms with Gasteiger partial charge < -0.3 is 4.98 Å². The zero-order valence-electron chi connectivity index (χ0n) is 10.9. The maximum absolute atomic E-state index is 13.6. The van der Waals surface area contributed by atoms with Gasteiger partial charge in [-0.15, -0.1) is 0 Å². The number of benzene rings is 1. The molecule has 2 rings (SSSR count). The van der Waals surface area contributed by atoms with Gasteiger partial charge in [0.2, 0.25) is 15.5 Å². The third-order valence-electron chi connectivity index (χ3n) is 2.84. The molecule has 1 atom stereocenters. The average Bonchev–Trinajstić information content (AvgIpc) is 2.38. The van der Waals surface area contributed by atoms with Gasteiger partial charge in [0.25, 0.3) is 0 Å². The first-order valence-corrected chi connectivity index (χ1v) is 7.44. The van der Waals surface area contributed by atoms with Gasteiger partial charge in [-0.2, -0.15) is 0 Å². The second kappa shape index (κ2) is 5.74. The topological polar surface area (TPSA) is 79.0 Å². The summed E-state index contributed by atoms with van der Waals surface area (Å²) in [6.07, 6.45) is 2.29. The Labute approximate surface area is 119 Å². The van der Waals surface area contributed by atoms with Gasteiger partial charge in [-0.05, 0) is 19.1 Å². The standard InChI is InChI=1S/C13H12F2N2O3S/c1-8(13-9(14)3-2-4-10(13)15)17-21(19,20)12-7-16-6-5-11(12)18/h2-8,17H,1H3,(H,16,18). The third-order valence-corrected chi connectivity index (χ3v) is 4.40. The van der Waals surface area contributed by atoms with E-state index in [1.807, 2.05) is 0 Å². The number of rotatable bonds is 4. The van der Waals surface area contributed by atoms with Crippen LogP contribution in [-0.4, -0.2) is 13.4 Å². The maximum Gasteiger partial charge on any atom is 0.246 e. The molecular weight excluding hydrogens is 302 g/mol. The third kappa shape index (κ3) is 3.17. The summed E-state index contributed by atoms with van der Waals surface area (Å²) in [6.45, 7) is 1.29. The first-order valence-electron chi connectivity index (χ1n) is 5.96. The molecule has 0 bridgehead atoms. The molecular formula is C13H12F2N2O3S. The highest BCUT2D eigenvalue weighted by Crippen LogP contribution is 2.21. The highest BCUT2D eigenvalue weighted by Gasteiger charge is 2.24. The molecule has 0 aliphatic rings. The molecule has 1 aromatic carbocycles. The molecule has 0 amide bonds. The fourth-order valence-corrected chi connectivity index (χ4v) is 3.16. The van der Waals surface area contributed by atoms with Gasteiger partial charge in [-0.3, -0.25) is 4.79 Å². The van der Waals surface area contributed by atoms with E-state index in [9.17, 15) is 22.0 Å². The summed E-state index contributed by atoms with van der Waals surface area (Å²) in [5.74, 6) is -1.74.